The smallest absolute Gasteiger partial charge is 0.253 e. The molecule has 0 aliphatic carbocycles. The van der Waals surface area contributed by atoms with Gasteiger partial charge in [-0.3, -0.25) is 4.79 Å². The third-order valence-corrected chi connectivity index (χ3v) is 5.85. The molecule has 1 aliphatic heterocycles. The molecule has 1 amide bonds. The zero-order valence-electron chi connectivity index (χ0n) is 15.8. The molecule has 28 heavy (non-hydrogen) atoms. The van der Waals surface area contributed by atoms with E-state index in [0.29, 0.717) is 5.56 Å². The van der Waals surface area contributed by atoms with Gasteiger partial charge in [0.15, 0.2) is 0 Å². The Balaban J connectivity index is 1.54. The van der Waals surface area contributed by atoms with Crippen molar-refractivity contribution in [1.29, 1.82) is 0 Å². The second-order valence-electron chi connectivity index (χ2n) is 6.79. The van der Waals surface area contributed by atoms with Crippen molar-refractivity contribution in [3.8, 4) is 5.75 Å². The summed E-state index contributed by atoms with van der Waals surface area (Å²) >= 11 is 3.43. The van der Waals surface area contributed by atoms with Crippen LogP contribution in [0.2, 0.25) is 0 Å². The van der Waals surface area contributed by atoms with Gasteiger partial charge < -0.3 is 14.6 Å². The molecule has 1 fully saturated rings. The van der Waals surface area contributed by atoms with E-state index >= 15 is 0 Å². The average molecular weight is 443 g/mol. The quantitative estimate of drug-likeness (QED) is 0.563. The molecule has 146 valence electrons. The number of ether oxygens (including phenoxy) is 1. The summed E-state index contributed by atoms with van der Waals surface area (Å²) in [5, 5.41) is 4.15. The molecule has 7 heteroatoms. The molecule has 0 saturated carbocycles. The molecule has 0 radical (unpaired) electrons. The van der Waals surface area contributed by atoms with Gasteiger partial charge in [0.2, 0.25) is 0 Å². The number of carbonyl (C=O) groups excluding carboxylic acids is 1. The topological polar surface area (TPSA) is 67.3 Å². The highest BCUT2D eigenvalue weighted by molar-refractivity contribution is 9.10. The molecule has 0 spiro atoms. The van der Waals surface area contributed by atoms with E-state index in [1.165, 1.54) is 5.69 Å². The molecular formula is C21H23BrN4O2. The number of rotatable bonds is 5. The van der Waals surface area contributed by atoms with Gasteiger partial charge in [-0.25, -0.2) is 10.9 Å². The number of hydrogen-bond acceptors (Lipinski definition) is 4. The van der Waals surface area contributed by atoms with Crippen molar-refractivity contribution in [1.82, 2.24) is 20.7 Å². The highest BCUT2D eigenvalue weighted by atomic mass is 79.9. The minimum absolute atomic E-state index is 0.0848. The molecule has 6 nitrogen and oxygen atoms in total. The van der Waals surface area contributed by atoms with Crippen LogP contribution in [0.25, 0.3) is 10.9 Å². The molecule has 2 atom stereocenters. The van der Waals surface area contributed by atoms with Crippen molar-refractivity contribution in [2.24, 2.45) is 0 Å². The second kappa shape index (κ2) is 7.95. The number of methoxy groups -OCH3 is 1. The zero-order chi connectivity index (χ0) is 19.7. The minimum Gasteiger partial charge on any atom is -0.496 e. The Kier molecular flexibility index (Phi) is 5.39. The monoisotopic (exact) mass is 442 g/mol. The maximum atomic E-state index is 12.6. The molecule has 1 aliphatic rings. The van der Waals surface area contributed by atoms with E-state index in [9.17, 15) is 4.79 Å². The van der Waals surface area contributed by atoms with Crippen LogP contribution in [0.5, 0.6) is 5.75 Å². The number of carbonyl (C=O) groups is 1. The third kappa shape index (κ3) is 3.41. The van der Waals surface area contributed by atoms with Crippen LogP contribution < -0.4 is 20.9 Å². The SMILES string of the molecule is CCn1c(C2CC(NC(=O)c3ccccc3Br)NN2)cc2c(OC)cccc21. The number of fused-ring (bicyclic) bond motifs is 1. The van der Waals surface area contributed by atoms with E-state index < -0.39 is 0 Å². The summed E-state index contributed by atoms with van der Waals surface area (Å²) in [6, 6.07) is 15.8. The van der Waals surface area contributed by atoms with Crippen molar-refractivity contribution in [3.63, 3.8) is 0 Å². The Bertz CT molecular complexity index is 1020. The lowest BCUT2D eigenvalue weighted by Crippen LogP contribution is -2.44. The second-order valence-corrected chi connectivity index (χ2v) is 7.64. The Morgan fingerprint density at radius 3 is 2.82 bits per heavy atom. The number of nitrogens with one attached hydrogen (secondary N) is 3. The lowest BCUT2D eigenvalue weighted by molar-refractivity contribution is 0.0931. The fourth-order valence-electron chi connectivity index (χ4n) is 3.82. The number of hydrazine groups is 1. The molecule has 2 unspecified atom stereocenters. The highest BCUT2D eigenvalue weighted by Crippen LogP contribution is 2.33. The van der Waals surface area contributed by atoms with E-state index in [-0.39, 0.29) is 18.1 Å². The zero-order valence-corrected chi connectivity index (χ0v) is 17.4. The Hall–Kier alpha value is -2.35. The first-order valence-electron chi connectivity index (χ1n) is 9.35. The van der Waals surface area contributed by atoms with Crippen LogP contribution in [-0.2, 0) is 6.54 Å². The van der Waals surface area contributed by atoms with Gasteiger partial charge >= 0.3 is 0 Å². The van der Waals surface area contributed by atoms with Crippen LogP contribution in [0.15, 0.2) is 53.0 Å². The number of aryl methyl sites for hydroxylation is 1. The number of nitrogens with zero attached hydrogens (tertiary/aromatic N) is 1. The lowest BCUT2D eigenvalue weighted by Gasteiger charge is -2.14. The van der Waals surface area contributed by atoms with Gasteiger partial charge in [0.05, 0.1) is 30.4 Å². The average Bonchev–Trinajstić information content (AvgIpc) is 3.31. The van der Waals surface area contributed by atoms with Crippen LogP contribution in [-0.4, -0.2) is 23.7 Å². The standard InChI is InChI=1S/C21H23BrN4O2/c1-3-26-17-9-6-10-19(28-2)14(17)11-18(26)16-12-20(25-24-16)23-21(27)13-7-4-5-8-15(13)22/h4-11,16,20,24-25H,3,12H2,1-2H3,(H,23,27). The van der Waals surface area contributed by atoms with Gasteiger partial charge in [0.1, 0.15) is 5.75 Å². The molecule has 3 aromatic rings. The van der Waals surface area contributed by atoms with E-state index in [4.69, 9.17) is 4.74 Å². The van der Waals surface area contributed by atoms with Crippen LogP contribution in [0.4, 0.5) is 0 Å². The summed E-state index contributed by atoms with van der Waals surface area (Å²) < 4.78 is 8.60. The molecule has 2 heterocycles. The van der Waals surface area contributed by atoms with E-state index in [0.717, 1.165) is 34.1 Å². The highest BCUT2D eigenvalue weighted by Gasteiger charge is 2.29. The summed E-state index contributed by atoms with van der Waals surface area (Å²) in [6.07, 6.45) is 0.587. The lowest BCUT2D eigenvalue weighted by atomic mass is 10.1. The maximum absolute atomic E-state index is 12.6. The van der Waals surface area contributed by atoms with E-state index in [1.54, 1.807) is 13.2 Å². The fourth-order valence-corrected chi connectivity index (χ4v) is 4.29. The molecular weight excluding hydrogens is 420 g/mol. The van der Waals surface area contributed by atoms with Crippen LogP contribution >= 0.6 is 15.9 Å². The predicted octanol–water partition coefficient (Wildman–Crippen LogP) is 3.73. The molecule has 3 N–H and O–H groups in total. The maximum Gasteiger partial charge on any atom is 0.253 e. The van der Waals surface area contributed by atoms with Crippen molar-refractivity contribution >= 4 is 32.7 Å². The number of aromatic nitrogens is 1. The van der Waals surface area contributed by atoms with Gasteiger partial charge in [-0.2, -0.15) is 0 Å². The first kappa shape index (κ1) is 19.0. The van der Waals surface area contributed by atoms with Gasteiger partial charge in [-0.1, -0.05) is 18.2 Å². The number of amides is 1. The molecule has 1 saturated heterocycles. The first-order valence-corrected chi connectivity index (χ1v) is 10.1. The van der Waals surface area contributed by atoms with Crippen LogP contribution in [0, 0.1) is 0 Å². The van der Waals surface area contributed by atoms with Gasteiger partial charge in [-0.15, -0.1) is 0 Å². The van der Waals surface area contributed by atoms with Crippen molar-refractivity contribution < 1.29 is 9.53 Å². The van der Waals surface area contributed by atoms with Crippen LogP contribution in [0.1, 0.15) is 35.4 Å². The largest absolute Gasteiger partial charge is 0.496 e. The number of halogens is 1. The summed E-state index contributed by atoms with van der Waals surface area (Å²) in [7, 11) is 1.69. The molecule has 4 rings (SSSR count). The summed E-state index contributed by atoms with van der Waals surface area (Å²) in [6.45, 7) is 3.00. The number of benzene rings is 2. The first-order chi connectivity index (χ1) is 13.6. The van der Waals surface area contributed by atoms with Crippen molar-refractivity contribution in [2.75, 3.05) is 7.11 Å². The van der Waals surface area contributed by atoms with E-state index in [2.05, 4.69) is 55.7 Å². The van der Waals surface area contributed by atoms with E-state index in [1.807, 2.05) is 30.3 Å². The molecule has 2 aromatic carbocycles. The van der Waals surface area contributed by atoms with Gasteiger partial charge in [0, 0.05) is 28.5 Å². The summed E-state index contributed by atoms with van der Waals surface area (Å²) in [5.41, 5.74) is 9.49. The summed E-state index contributed by atoms with van der Waals surface area (Å²) in [5.74, 6) is 0.765. The molecule has 0 bridgehead atoms. The predicted molar refractivity (Wildman–Crippen MR) is 113 cm³/mol. The Morgan fingerprint density at radius 2 is 2.07 bits per heavy atom. The van der Waals surface area contributed by atoms with Gasteiger partial charge in [-0.05, 0) is 53.2 Å². The van der Waals surface area contributed by atoms with Crippen molar-refractivity contribution in [3.05, 3.63) is 64.3 Å². The minimum atomic E-state index is -0.158. The molecule has 1 aromatic heterocycles. The number of hydrogen-bond donors (Lipinski definition) is 3. The Labute approximate surface area is 172 Å². The summed E-state index contributed by atoms with van der Waals surface area (Å²) in [4.78, 5) is 12.6. The Morgan fingerprint density at radius 1 is 1.25 bits per heavy atom. The fraction of sp³-hybridized carbons (Fsp3) is 0.286. The third-order valence-electron chi connectivity index (χ3n) is 5.16. The van der Waals surface area contributed by atoms with Crippen LogP contribution in [0.3, 0.4) is 0 Å². The van der Waals surface area contributed by atoms with Crippen molar-refractivity contribution in [2.45, 2.75) is 32.1 Å². The van der Waals surface area contributed by atoms with Gasteiger partial charge in [0.25, 0.3) is 5.91 Å². The normalized spacial score (nSPS) is 19.1.